The van der Waals surface area contributed by atoms with Gasteiger partial charge >= 0.3 is 0 Å². The van der Waals surface area contributed by atoms with Crippen LogP contribution in [0.5, 0.6) is 0 Å². The second-order valence-corrected chi connectivity index (χ2v) is 8.18. The molecular weight excluding hydrogens is 320 g/mol. The first kappa shape index (κ1) is 17.1. The molecule has 0 bridgehead atoms. The van der Waals surface area contributed by atoms with E-state index in [9.17, 15) is 8.42 Å². The van der Waals surface area contributed by atoms with Crippen LogP contribution in [0.1, 0.15) is 29.7 Å². The number of benzene rings is 2. The summed E-state index contributed by atoms with van der Waals surface area (Å²) in [6.07, 6.45) is 1.45. The molecule has 2 aromatic rings. The highest BCUT2D eigenvalue weighted by Crippen LogP contribution is 2.35. The topological polar surface area (TPSA) is 40.6 Å². The molecule has 1 aliphatic heterocycles. The van der Waals surface area contributed by atoms with Crippen molar-refractivity contribution >= 4 is 10.2 Å². The van der Waals surface area contributed by atoms with Crippen molar-refractivity contribution in [2.75, 3.05) is 20.1 Å². The maximum atomic E-state index is 13.0. The Hall–Kier alpha value is -1.69. The first-order valence-corrected chi connectivity index (χ1v) is 9.78. The first-order chi connectivity index (χ1) is 11.5. The average molecular weight is 344 g/mol. The number of hydrogen-bond donors (Lipinski definition) is 0. The number of rotatable bonds is 5. The summed E-state index contributed by atoms with van der Waals surface area (Å²) in [5, 5.41) is 0. The molecular formula is C19H24N2O2S. The van der Waals surface area contributed by atoms with E-state index in [1.165, 1.54) is 9.87 Å². The summed E-state index contributed by atoms with van der Waals surface area (Å²) in [7, 11) is -1.81. The van der Waals surface area contributed by atoms with Crippen LogP contribution in [-0.4, -0.2) is 37.2 Å². The molecule has 0 aliphatic carbocycles. The van der Waals surface area contributed by atoms with Crippen molar-refractivity contribution in [1.82, 2.24) is 8.61 Å². The molecule has 128 valence electrons. The van der Waals surface area contributed by atoms with Crippen molar-refractivity contribution in [3.8, 4) is 0 Å². The lowest BCUT2D eigenvalue weighted by Crippen LogP contribution is -2.47. The zero-order valence-corrected chi connectivity index (χ0v) is 15.0. The lowest BCUT2D eigenvalue weighted by molar-refractivity contribution is 0.282. The Morgan fingerprint density at radius 2 is 1.75 bits per heavy atom. The Morgan fingerprint density at radius 1 is 1.08 bits per heavy atom. The average Bonchev–Trinajstić information content (AvgIpc) is 2.62. The lowest BCUT2D eigenvalue weighted by atomic mass is 9.90. The van der Waals surface area contributed by atoms with Crippen LogP contribution in [0.15, 0.2) is 54.6 Å². The molecule has 0 amide bonds. The molecule has 3 rings (SSSR count). The molecule has 0 saturated heterocycles. The summed E-state index contributed by atoms with van der Waals surface area (Å²) in [4.78, 5) is 0. The van der Waals surface area contributed by atoms with Crippen LogP contribution in [0.3, 0.4) is 0 Å². The molecule has 1 aliphatic rings. The van der Waals surface area contributed by atoms with Crippen molar-refractivity contribution in [3.63, 3.8) is 0 Å². The van der Waals surface area contributed by atoms with E-state index in [-0.39, 0.29) is 6.04 Å². The van der Waals surface area contributed by atoms with Crippen molar-refractivity contribution < 1.29 is 8.42 Å². The van der Waals surface area contributed by atoms with Gasteiger partial charge in [-0.1, -0.05) is 61.5 Å². The van der Waals surface area contributed by atoms with E-state index in [2.05, 4.69) is 24.3 Å². The third kappa shape index (κ3) is 3.24. The van der Waals surface area contributed by atoms with Crippen LogP contribution in [-0.2, 0) is 23.1 Å². The molecule has 2 aromatic carbocycles. The van der Waals surface area contributed by atoms with Crippen molar-refractivity contribution in [3.05, 3.63) is 71.3 Å². The molecule has 0 aromatic heterocycles. The van der Waals surface area contributed by atoms with Crippen LogP contribution in [0.2, 0.25) is 0 Å². The van der Waals surface area contributed by atoms with Gasteiger partial charge in [0, 0.05) is 20.1 Å². The molecule has 5 heteroatoms. The quantitative estimate of drug-likeness (QED) is 0.836. The summed E-state index contributed by atoms with van der Waals surface area (Å²) >= 11 is 0. The van der Waals surface area contributed by atoms with E-state index in [1.807, 2.05) is 37.3 Å². The minimum Gasteiger partial charge on any atom is -0.195 e. The van der Waals surface area contributed by atoms with E-state index >= 15 is 0 Å². The zero-order valence-electron chi connectivity index (χ0n) is 14.2. The molecule has 0 N–H and O–H groups in total. The van der Waals surface area contributed by atoms with Gasteiger partial charge in [0.05, 0.1) is 6.04 Å². The second kappa shape index (κ2) is 7.05. The Kier molecular flexibility index (Phi) is 5.04. The van der Waals surface area contributed by atoms with E-state index in [4.69, 9.17) is 0 Å². The fourth-order valence-electron chi connectivity index (χ4n) is 3.30. The Morgan fingerprint density at radius 3 is 2.46 bits per heavy atom. The van der Waals surface area contributed by atoms with E-state index in [0.717, 1.165) is 17.5 Å². The van der Waals surface area contributed by atoms with Crippen LogP contribution in [0, 0.1) is 0 Å². The van der Waals surface area contributed by atoms with Gasteiger partial charge in [-0.2, -0.15) is 17.0 Å². The van der Waals surface area contributed by atoms with Gasteiger partial charge in [-0.05, 0) is 29.5 Å². The van der Waals surface area contributed by atoms with Gasteiger partial charge in [0.1, 0.15) is 0 Å². The van der Waals surface area contributed by atoms with Crippen LogP contribution in [0.25, 0.3) is 0 Å². The van der Waals surface area contributed by atoms with Crippen LogP contribution in [0.4, 0.5) is 0 Å². The summed E-state index contributed by atoms with van der Waals surface area (Å²) < 4.78 is 29.1. The Balaban J connectivity index is 2.02. The molecule has 4 nitrogen and oxygen atoms in total. The fraction of sp³-hybridized carbons (Fsp3) is 0.368. The largest absolute Gasteiger partial charge is 0.282 e. The van der Waals surface area contributed by atoms with Gasteiger partial charge in [-0.3, -0.25) is 0 Å². The zero-order chi connectivity index (χ0) is 17.2. The standard InChI is InChI=1S/C19H24N2O2S/c1-3-20(2)24(22,23)21-14-13-17-11-7-8-12-18(17)19(21)15-16-9-5-4-6-10-16/h4-12,19H,3,13-15H2,1-2H3/t19-/m0/s1. The molecule has 0 unspecified atom stereocenters. The summed E-state index contributed by atoms with van der Waals surface area (Å²) in [5.74, 6) is 0. The minimum absolute atomic E-state index is 0.156. The van der Waals surface area contributed by atoms with Crippen molar-refractivity contribution in [2.45, 2.75) is 25.8 Å². The van der Waals surface area contributed by atoms with E-state index in [0.29, 0.717) is 19.5 Å². The molecule has 0 spiro atoms. The number of fused-ring (bicyclic) bond motifs is 1. The number of nitrogens with zero attached hydrogens (tertiary/aromatic N) is 2. The molecule has 0 radical (unpaired) electrons. The van der Waals surface area contributed by atoms with Gasteiger partial charge in [-0.25, -0.2) is 0 Å². The summed E-state index contributed by atoms with van der Waals surface area (Å²) in [5.41, 5.74) is 3.53. The second-order valence-electron chi connectivity index (χ2n) is 6.19. The predicted molar refractivity (Wildman–Crippen MR) is 97.0 cm³/mol. The molecule has 1 atom stereocenters. The molecule has 1 heterocycles. The maximum Gasteiger partial charge on any atom is 0.282 e. The van der Waals surface area contributed by atoms with E-state index < -0.39 is 10.2 Å². The fourth-order valence-corrected chi connectivity index (χ4v) is 4.81. The predicted octanol–water partition coefficient (Wildman–Crippen LogP) is 3.03. The van der Waals surface area contributed by atoms with Gasteiger partial charge in [0.25, 0.3) is 10.2 Å². The van der Waals surface area contributed by atoms with Gasteiger partial charge in [-0.15, -0.1) is 0 Å². The van der Waals surface area contributed by atoms with Gasteiger partial charge < -0.3 is 0 Å². The smallest absolute Gasteiger partial charge is 0.195 e. The van der Waals surface area contributed by atoms with Crippen LogP contribution >= 0.6 is 0 Å². The Labute approximate surface area is 144 Å². The van der Waals surface area contributed by atoms with Gasteiger partial charge in [0.2, 0.25) is 0 Å². The summed E-state index contributed by atoms with van der Waals surface area (Å²) in [6.45, 7) is 2.86. The lowest BCUT2D eigenvalue weighted by Gasteiger charge is -2.38. The Bertz CT molecular complexity index is 790. The van der Waals surface area contributed by atoms with E-state index in [1.54, 1.807) is 11.4 Å². The normalized spacial score (nSPS) is 18.5. The first-order valence-electron chi connectivity index (χ1n) is 8.39. The monoisotopic (exact) mass is 344 g/mol. The van der Waals surface area contributed by atoms with Crippen molar-refractivity contribution in [2.24, 2.45) is 0 Å². The highest BCUT2D eigenvalue weighted by Gasteiger charge is 2.37. The molecule has 0 fully saturated rings. The maximum absolute atomic E-state index is 13.0. The van der Waals surface area contributed by atoms with Gasteiger partial charge in [0.15, 0.2) is 0 Å². The molecule has 24 heavy (non-hydrogen) atoms. The third-order valence-electron chi connectivity index (χ3n) is 4.77. The number of hydrogen-bond acceptors (Lipinski definition) is 2. The third-order valence-corrected chi connectivity index (χ3v) is 6.85. The van der Waals surface area contributed by atoms with Crippen LogP contribution < -0.4 is 0 Å². The SMILES string of the molecule is CCN(C)S(=O)(=O)N1CCc2ccccc2[C@@H]1Cc1ccccc1. The van der Waals surface area contributed by atoms with Crippen molar-refractivity contribution in [1.29, 1.82) is 0 Å². The molecule has 0 saturated carbocycles. The minimum atomic E-state index is -3.46. The summed E-state index contributed by atoms with van der Waals surface area (Å²) in [6, 6.07) is 18.2. The highest BCUT2D eigenvalue weighted by molar-refractivity contribution is 7.86. The highest BCUT2D eigenvalue weighted by atomic mass is 32.2.